The predicted molar refractivity (Wildman–Crippen MR) is 62.9 cm³/mol. The molecule has 0 aromatic heterocycles. The molecule has 0 aliphatic rings. The van der Waals surface area contributed by atoms with Gasteiger partial charge in [0.05, 0.1) is 27.2 Å². The van der Waals surface area contributed by atoms with Crippen molar-refractivity contribution in [3.8, 4) is 0 Å². The minimum atomic E-state index is -1.64. The van der Waals surface area contributed by atoms with E-state index in [9.17, 15) is 20.1 Å². The third-order valence-electron chi connectivity index (χ3n) is 2.51. The third-order valence-corrected chi connectivity index (χ3v) is 2.51. The van der Waals surface area contributed by atoms with E-state index < -0.39 is 24.1 Å². The zero-order chi connectivity index (χ0) is 13.9. The number of carboxylic acids is 1. The lowest BCUT2D eigenvalue weighted by Crippen LogP contribution is -2.58. The van der Waals surface area contributed by atoms with Crippen LogP contribution in [0.25, 0.3) is 0 Å². The first-order chi connectivity index (χ1) is 7.46. The summed E-state index contributed by atoms with van der Waals surface area (Å²) in [7, 11) is 5.51. The van der Waals surface area contributed by atoms with E-state index in [-0.39, 0.29) is 12.5 Å². The van der Waals surface area contributed by atoms with E-state index in [1.807, 2.05) is 35.0 Å². The maximum Gasteiger partial charge on any atom is 0.144 e. The second kappa shape index (κ2) is 5.80. The van der Waals surface area contributed by atoms with Crippen LogP contribution in [0.4, 0.5) is 0 Å². The van der Waals surface area contributed by atoms with Crippen molar-refractivity contribution in [2.24, 2.45) is 5.92 Å². The summed E-state index contributed by atoms with van der Waals surface area (Å²) >= 11 is 0. The van der Waals surface area contributed by atoms with Gasteiger partial charge in [0.1, 0.15) is 12.1 Å². The molecule has 0 saturated carbocycles. The molecule has 0 radical (unpaired) electrons. The Labute approximate surface area is 103 Å². The number of hydrogen-bond donors (Lipinski definition) is 2. The molecule has 102 valence electrons. The van der Waals surface area contributed by atoms with Crippen molar-refractivity contribution in [1.29, 1.82) is 0 Å². The predicted octanol–water partition coefficient (Wildman–Crippen LogP) is -1.03. The Bertz CT molecular complexity index is 260. The highest BCUT2D eigenvalue weighted by atomic mass is 16.4. The highest BCUT2D eigenvalue weighted by Gasteiger charge is 2.40. The zero-order valence-corrected chi connectivity index (χ0v) is 11.4. The summed E-state index contributed by atoms with van der Waals surface area (Å²) in [5.74, 6) is -1.16. The number of hydrogen-bond acceptors (Lipinski definition) is 4. The number of aliphatic hydroxyl groups excluding tert-OH is 1. The van der Waals surface area contributed by atoms with E-state index in [4.69, 9.17) is 0 Å². The van der Waals surface area contributed by atoms with Crippen molar-refractivity contribution in [3.63, 3.8) is 0 Å². The molecular formula is C12H25NO4. The lowest BCUT2D eigenvalue weighted by molar-refractivity contribution is -0.877. The molecule has 0 spiro atoms. The van der Waals surface area contributed by atoms with Gasteiger partial charge in [-0.25, -0.2) is 0 Å². The zero-order valence-electron chi connectivity index (χ0n) is 11.4. The monoisotopic (exact) mass is 247 g/mol. The molecule has 2 atom stereocenters. The Hall–Kier alpha value is -0.650. The average molecular weight is 247 g/mol. The van der Waals surface area contributed by atoms with Gasteiger partial charge in [-0.05, 0) is 12.3 Å². The Morgan fingerprint density at radius 3 is 2.12 bits per heavy atom. The van der Waals surface area contributed by atoms with Crippen LogP contribution < -0.4 is 5.11 Å². The molecule has 0 bridgehead atoms. The van der Waals surface area contributed by atoms with E-state index in [1.54, 1.807) is 0 Å². The number of carboxylic acid groups (broad SMARTS) is 1. The quantitative estimate of drug-likeness (QED) is 0.564. The van der Waals surface area contributed by atoms with Crippen LogP contribution in [0.3, 0.4) is 0 Å². The fraction of sp³-hybridized carbons (Fsp3) is 0.917. The summed E-state index contributed by atoms with van der Waals surface area (Å²) in [6, 6.07) is 0. The highest BCUT2D eigenvalue weighted by Crippen LogP contribution is 2.23. The molecule has 0 heterocycles. The van der Waals surface area contributed by atoms with Crippen LogP contribution in [-0.2, 0) is 4.79 Å². The molecule has 5 nitrogen and oxygen atoms in total. The van der Waals surface area contributed by atoms with Gasteiger partial charge in [-0.15, -0.1) is 0 Å². The van der Waals surface area contributed by atoms with E-state index in [0.29, 0.717) is 10.9 Å². The molecule has 0 aliphatic heterocycles. The third kappa shape index (κ3) is 6.61. The number of nitrogens with zero attached hydrogens (tertiary/aromatic N) is 1. The van der Waals surface area contributed by atoms with Gasteiger partial charge < -0.3 is 24.6 Å². The van der Waals surface area contributed by atoms with Crippen LogP contribution in [0, 0.1) is 5.92 Å². The number of carbonyl (C=O) groups excluding carboxylic acids is 1. The summed E-state index contributed by atoms with van der Waals surface area (Å²) in [5.41, 5.74) is -1.64. The molecule has 0 amide bonds. The Morgan fingerprint density at radius 1 is 1.35 bits per heavy atom. The SMILES string of the molecule is CC(C)CC(O)C(O)(CC(=O)[O-])C[N+](C)(C)C. The fourth-order valence-corrected chi connectivity index (χ4v) is 2.02. The van der Waals surface area contributed by atoms with E-state index in [0.717, 1.165) is 0 Å². The summed E-state index contributed by atoms with van der Waals surface area (Å²) in [6.07, 6.45) is -1.24. The lowest BCUT2D eigenvalue weighted by Gasteiger charge is -2.39. The number of carbonyl (C=O) groups is 1. The van der Waals surface area contributed by atoms with E-state index in [1.165, 1.54) is 0 Å². The first-order valence-corrected chi connectivity index (χ1v) is 5.87. The largest absolute Gasteiger partial charge is 0.550 e. The van der Waals surface area contributed by atoms with Crippen molar-refractivity contribution in [2.75, 3.05) is 27.7 Å². The van der Waals surface area contributed by atoms with Gasteiger partial charge in [-0.1, -0.05) is 13.8 Å². The van der Waals surface area contributed by atoms with E-state index in [2.05, 4.69) is 0 Å². The van der Waals surface area contributed by atoms with Crippen molar-refractivity contribution < 1.29 is 24.6 Å². The Balaban J connectivity index is 4.88. The standard InChI is InChI=1S/C12H25NO4/c1-9(2)6-10(14)12(17,7-11(15)16)8-13(3,4)5/h9-10,14,17H,6-8H2,1-5H3. The van der Waals surface area contributed by atoms with Gasteiger partial charge >= 0.3 is 0 Å². The first kappa shape index (κ1) is 16.4. The molecule has 5 heteroatoms. The summed E-state index contributed by atoms with van der Waals surface area (Å²) in [5, 5.41) is 31.0. The van der Waals surface area contributed by atoms with Crippen LogP contribution in [-0.4, -0.2) is 60.1 Å². The first-order valence-electron chi connectivity index (χ1n) is 5.87. The summed E-state index contributed by atoms with van der Waals surface area (Å²) < 4.78 is 0.374. The van der Waals surface area contributed by atoms with Crippen LogP contribution >= 0.6 is 0 Å². The average Bonchev–Trinajstić information content (AvgIpc) is 1.96. The smallest absolute Gasteiger partial charge is 0.144 e. The molecule has 0 aromatic carbocycles. The van der Waals surface area contributed by atoms with Gasteiger partial charge in [0, 0.05) is 12.4 Å². The molecular weight excluding hydrogens is 222 g/mol. The van der Waals surface area contributed by atoms with Crippen LogP contribution in [0.1, 0.15) is 26.7 Å². The van der Waals surface area contributed by atoms with Crippen molar-refractivity contribution in [2.45, 2.75) is 38.4 Å². The van der Waals surface area contributed by atoms with Gasteiger partial charge in [0.15, 0.2) is 0 Å². The normalized spacial score (nSPS) is 17.9. The van der Waals surface area contributed by atoms with E-state index >= 15 is 0 Å². The minimum absolute atomic E-state index is 0.162. The molecule has 0 aliphatic carbocycles. The molecule has 0 rings (SSSR count). The minimum Gasteiger partial charge on any atom is -0.550 e. The number of rotatable bonds is 7. The van der Waals surface area contributed by atoms with Crippen molar-refractivity contribution in [1.82, 2.24) is 0 Å². The topological polar surface area (TPSA) is 80.6 Å². The molecule has 0 fully saturated rings. The van der Waals surface area contributed by atoms with Gasteiger partial charge in [0.2, 0.25) is 0 Å². The summed E-state index contributed by atoms with van der Waals surface area (Å²) in [4.78, 5) is 10.7. The van der Waals surface area contributed by atoms with Crippen LogP contribution in [0.15, 0.2) is 0 Å². The molecule has 17 heavy (non-hydrogen) atoms. The second-order valence-corrected chi connectivity index (χ2v) is 6.25. The second-order valence-electron chi connectivity index (χ2n) is 6.25. The maximum absolute atomic E-state index is 10.7. The molecule has 0 aromatic rings. The molecule has 2 N–H and O–H groups in total. The number of aliphatic hydroxyl groups is 2. The highest BCUT2D eigenvalue weighted by molar-refractivity contribution is 5.65. The van der Waals surface area contributed by atoms with Crippen LogP contribution in [0.5, 0.6) is 0 Å². The lowest BCUT2D eigenvalue weighted by atomic mass is 9.86. The van der Waals surface area contributed by atoms with Crippen molar-refractivity contribution >= 4 is 5.97 Å². The van der Waals surface area contributed by atoms with Gasteiger partial charge in [-0.2, -0.15) is 0 Å². The maximum atomic E-state index is 10.7. The Morgan fingerprint density at radius 2 is 1.82 bits per heavy atom. The molecule has 0 saturated heterocycles. The number of likely N-dealkylation sites (N-methyl/N-ethyl adjacent to an activating group) is 1. The fourth-order valence-electron chi connectivity index (χ4n) is 2.02. The number of quaternary nitrogens is 1. The van der Waals surface area contributed by atoms with Gasteiger partial charge in [-0.3, -0.25) is 0 Å². The number of aliphatic carboxylic acids is 1. The molecule has 2 unspecified atom stereocenters. The van der Waals surface area contributed by atoms with Gasteiger partial charge in [0.25, 0.3) is 0 Å². The Kier molecular flexibility index (Phi) is 5.58. The van der Waals surface area contributed by atoms with Crippen LogP contribution in [0.2, 0.25) is 0 Å². The van der Waals surface area contributed by atoms with Crippen molar-refractivity contribution in [3.05, 3.63) is 0 Å². The summed E-state index contributed by atoms with van der Waals surface area (Å²) in [6.45, 7) is 3.98.